The third-order valence-corrected chi connectivity index (χ3v) is 2.17. The molecule has 0 heterocycles. The van der Waals surface area contributed by atoms with Gasteiger partial charge in [-0.3, -0.25) is 4.79 Å². The van der Waals surface area contributed by atoms with Gasteiger partial charge >= 0.3 is 5.97 Å². The van der Waals surface area contributed by atoms with E-state index in [1.165, 1.54) is 0 Å². The van der Waals surface area contributed by atoms with Crippen LogP contribution < -0.4 is 0 Å². The maximum atomic E-state index is 10.7. The number of carbonyl (C=O) groups is 1. The van der Waals surface area contributed by atoms with Crippen molar-refractivity contribution >= 4 is 5.97 Å². The van der Waals surface area contributed by atoms with Crippen LogP contribution in [0.25, 0.3) is 0 Å². The van der Waals surface area contributed by atoms with Gasteiger partial charge in [0.05, 0.1) is 5.92 Å². The monoisotopic (exact) mass is 178 g/mol. The molecule has 0 aliphatic rings. The molecule has 2 nitrogen and oxygen atoms in total. The molecule has 70 valence electrons. The van der Waals surface area contributed by atoms with Gasteiger partial charge in [0, 0.05) is 0 Å². The van der Waals surface area contributed by atoms with Gasteiger partial charge in [-0.05, 0) is 18.4 Å². The van der Waals surface area contributed by atoms with Gasteiger partial charge in [0.15, 0.2) is 0 Å². The first-order valence-electron chi connectivity index (χ1n) is 4.50. The van der Waals surface area contributed by atoms with Crippen molar-refractivity contribution in [3.8, 4) is 0 Å². The highest BCUT2D eigenvalue weighted by molar-refractivity contribution is 5.70. The molecular weight excluding hydrogens is 164 g/mol. The summed E-state index contributed by atoms with van der Waals surface area (Å²) < 4.78 is 0. The molecule has 1 aromatic rings. The van der Waals surface area contributed by atoms with Gasteiger partial charge in [-0.2, -0.15) is 0 Å². The first-order chi connectivity index (χ1) is 6.24. The van der Waals surface area contributed by atoms with E-state index < -0.39 is 5.97 Å². The van der Waals surface area contributed by atoms with Crippen molar-refractivity contribution < 1.29 is 9.90 Å². The molecule has 2 heteroatoms. The Labute approximate surface area is 78.2 Å². The van der Waals surface area contributed by atoms with Crippen LogP contribution in [-0.2, 0) is 11.2 Å². The van der Waals surface area contributed by atoms with E-state index in [1.54, 1.807) is 0 Å². The van der Waals surface area contributed by atoms with E-state index in [0.29, 0.717) is 12.8 Å². The Balaban J connectivity index is 2.62. The minimum Gasteiger partial charge on any atom is -0.481 e. The number of carboxylic acid groups (broad SMARTS) is 1. The molecule has 0 radical (unpaired) electrons. The predicted molar refractivity (Wildman–Crippen MR) is 51.6 cm³/mol. The van der Waals surface area contributed by atoms with Gasteiger partial charge in [0.1, 0.15) is 0 Å². The number of benzene rings is 1. The van der Waals surface area contributed by atoms with Crippen molar-refractivity contribution in [2.75, 3.05) is 0 Å². The zero-order chi connectivity index (χ0) is 9.68. The van der Waals surface area contributed by atoms with E-state index in [9.17, 15) is 4.79 Å². The van der Waals surface area contributed by atoms with Gasteiger partial charge in [-0.15, -0.1) is 0 Å². The summed E-state index contributed by atoms with van der Waals surface area (Å²) in [5, 5.41) is 8.83. The smallest absolute Gasteiger partial charge is 0.306 e. The average molecular weight is 178 g/mol. The fourth-order valence-corrected chi connectivity index (χ4v) is 1.30. The highest BCUT2D eigenvalue weighted by Gasteiger charge is 2.14. The maximum Gasteiger partial charge on any atom is 0.306 e. The molecule has 1 N–H and O–H groups in total. The van der Waals surface area contributed by atoms with Crippen molar-refractivity contribution in [3.05, 3.63) is 35.9 Å². The van der Waals surface area contributed by atoms with E-state index in [1.807, 2.05) is 37.3 Å². The molecule has 13 heavy (non-hydrogen) atoms. The summed E-state index contributed by atoms with van der Waals surface area (Å²) in [6.07, 6.45) is 1.32. The third-order valence-electron chi connectivity index (χ3n) is 2.17. The molecule has 0 saturated heterocycles. The Morgan fingerprint density at radius 3 is 2.46 bits per heavy atom. The lowest BCUT2D eigenvalue weighted by Gasteiger charge is -2.08. The van der Waals surface area contributed by atoms with Crippen molar-refractivity contribution in [1.29, 1.82) is 0 Å². The van der Waals surface area contributed by atoms with Crippen LogP contribution in [0.3, 0.4) is 0 Å². The second-order valence-corrected chi connectivity index (χ2v) is 3.13. The molecule has 1 rings (SSSR count). The Morgan fingerprint density at radius 1 is 1.38 bits per heavy atom. The van der Waals surface area contributed by atoms with E-state index in [0.717, 1.165) is 5.56 Å². The summed E-state index contributed by atoms with van der Waals surface area (Å²) in [7, 11) is 0. The number of carboxylic acids is 1. The predicted octanol–water partition coefficient (Wildman–Crippen LogP) is 2.34. The summed E-state index contributed by atoms with van der Waals surface area (Å²) in [5.74, 6) is -0.950. The van der Waals surface area contributed by atoms with Crippen LogP contribution in [0.1, 0.15) is 18.9 Å². The first kappa shape index (κ1) is 9.78. The number of rotatable bonds is 4. The van der Waals surface area contributed by atoms with Crippen molar-refractivity contribution in [3.63, 3.8) is 0 Å². The van der Waals surface area contributed by atoms with Crippen molar-refractivity contribution in [2.45, 2.75) is 19.8 Å². The summed E-state index contributed by atoms with van der Waals surface area (Å²) in [6.45, 7) is 1.90. The van der Waals surface area contributed by atoms with Gasteiger partial charge in [0.25, 0.3) is 0 Å². The van der Waals surface area contributed by atoms with Gasteiger partial charge in [-0.1, -0.05) is 37.3 Å². The molecule has 0 bridgehead atoms. The molecule has 0 amide bonds. The molecule has 1 atom stereocenters. The molecule has 1 aromatic carbocycles. The Kier molecular flexibility index (Phi) is 3.50. The molecule has 0 fully saturated rings. The average Bonchev–Trinajstić information content (AvgIpc) is 2.15. The molecule has 0 spiro atoms. The number of hydrogen-bond acceptors (Lipinski definition) is 1. The van der Waals surface area contributed by atoms with Gasteiger partial charge in [0.2, 0.25) is 0 Å². The summed E-state index contributed by atoms with van der Waals surface area (Å²) in [5.41, 5.74) is 1.09. The zero-order valence-electron chi connectivity index (χ0n) is 7.73. The second-order valence-electron chi connectivity index (χ2n) is 3.13. The fraction of sp³-hybridized carbons (Fsp3) is 0.364. The molecular formula is C11H14O2. The van der Waals surface area contributed by atoms with Crippen molar-refractivity contribution in [1.82, 2.24) is 0 Å². The largest absolute Gasteiger partial charge is 0.481 e. The SMILES string of the molecule is CC[C@@H](Cc1ccccc1)C(=O)O. The molecule has 0 aromatic heterocycles. The second kappa shape index (κ2) is 4.65. The maximum absolute atomic E-state index is 10.7. The lowest BCUT2D eigenvalue weighted by molar-refractivity contribution is -0.141. The van der Waals surface area contributed by atoms with E-state index in [4.69, 9.17) is 5.11 Å². The minimum absolute atomic E-state index is 0.248. The highest BCUT2D eigenvalue weighted by Crippen LogP contribution is 2.11. The number of aliphatic carboxylic acids is 1. The standard InChI is InChI=1S/C11H14O2/c1-2-10(11(12)13)8-9-6-4-3-5-7-9/h3-7,10H,2,8H2,1H3,(H,12,13)/t10-/m0/s1. The van der Waals surface area contributed by atoms with Crippen molar-refractivity contribution in [2.24, 2.45) is 5.92 Å². The molecule has 0 unspecified atom stereocenters. The molecule has 0 aliphatic carbocycles. The Hall–Kier alpha value is -1.31. The minimum atomic E-state index is -0.702. The Bertz CT molecular complexity index is 267. The van der Waals surface area contributed by atoms with Crippen LogP contribution in [0, 0.1) is 5.92 Å². The van der Waals surface area contributed by atoms with Crippen LogP contribution in [0.15, 0.2) is 30.3 Å². The zero-order valence-corrected chi connectivity index (χ0v) is 7.73. The molecule has 0 saturated carbocycles. The summed E-state index contributed by atoms with van der Waals surface area (Å²) in [4.78, 5) is 10.7. The lowest BCUT2D eigenvalue weighted by Crippen LogP contribution is -2.15. The van der Waals surface area contributed by atoms with Crippen LogP contribution in [0.2, 0.25) is 0 Å². The fourth-order valence-electron chi connectivity index (χ4n) is 1.30. The lowest BCUT2D eigenvalue weighted by atomic mass is 9.97. The first-order valence-corrected chi connectivity index (χ1v) is 4.50. The van der Waals surface area contributed by atoms with E-state index >= 15 is 0 Å². The van der Waals surface area contributed by atoms with Gasteiger partial charge < -0.3 is 5.11 Å². The van der Waals surface area contributed by atoms with Crippen LogP contribution in [-0.4, -0.2) is 11.1 Å². The number of hydrogen-bond donors (Lipinski definition) is 1. The molecule has 0 aliphatic heterocycles. The van der Waals surface area contributed by atoms with Crippen LogP contribution in [0.4, 0.5) is 0 Å². The van der Waals surface area contributed by atoms with Crippen LogP contribution >= 0.6 is 0 Å². The third kappa shape index (κ3) is 2.90. The van der Waals surface area contributed by atoms with E-state index in [2.05, 4.69) is 0 Å². The topological polar surface area (TPSA) is 37.3 Å². The summed E-state index contributed by atoms with van der Waals surface area (Å²) >= 11 is 0. The summed E-state index contributed by atoms with van der Waals surface area (Å²) in [6, 6.07) is 9.73. The normalized spacial score (nSPS) is 12.4. The Morgan fingerprint density at radius 2 is 2.00 bits per heavy atom. The highest BCUT2D eigenvalue weighted by atomic mass is 16.4. The quantitative estimate of drug-likeness (QED) is 0.768. The van der Waals surface area contributed by atoms with Crippen LogP contribution in [0.5, 0.6) is 0 Å². The van der Waals surface area contributed by atoms with E-state index in [-0.39, 0.29) is 5.92 Å². The van der Waals surface area contributed by atoms with Gasteiger partial charge in [-0.25, -0.2) is 0 Å².